The molecule has 19 heavy (non-hydrogen) atoms. The third-order valence-electron chi connectivity index (χ3n) is 3.47. The Bertz CT molecular complexity index is 404. The molecule has 0 aliphatic carbocycles. The molecule has 5 heteroatoms. The molecule has 1 aromatic heterocycles. The summed E-state index contributed by atoms with van der Waals surface area (Å²) in [5, 5.41) is 8.64. The van der Waals surface area contributed by atoms with Crippen LogP contribution < -0.4 is 5.32 Å². The fourth-order valence-electron chi connectivity index (χ4n) is 2.58. The lowest BCUT2D eigenvalue weighted by molar-refractivity contribution is 0.0332. The Labute approximate surface area is 121 Å². The summed E-state index contributed by atoms with van der Waals surface area (Å²) in [6, 6.07) is 0.238. The van der Waals surface area contributed by atoms with Crippen LogP contribution in [0.25, 0.3) is 0 Å². The van der Waals surface area contributed by atoms with E-state index in [2.05, 4.69) is 31.2 Å². The minimum Gasteiger partial charge on any atom is -0.380 e. The first kappa shape index (κ1) is 16.5. The lowest BCUT2D eigenvalue weighted by Crippen LogP contribution is -2.45. The molecule has 0 bridgehead atoms. The topological polar surface area (TPSA) is 39.1 Å². The Morgan fingerprint density at radius 1 is 1.42 bits per heavy atom. The minimum absolute atomic E-state index is 0.159. The summed E-state index contributed by atoms with van der Waals surface area (Å²) in [4.78, 5) is 0. The summed E-state index contributed by atoms with van der Waals surface area (Å²) in [6.07, 6.45) is 0.979. The van der Waals surface area contributed by atoms with Gasteiger partial charge in [-0.2, -0.15) is 5.10 Å². The first-order valence-electron chi connectivity index (χ1n) is 6.86. The number of likely N-dealkylation sites (N-methyl/N-ethyl adjacent to an activating group) is 1. The van der Waals surface area contributed by atoms with Crippen LogP contribution in [0.2, 0.25) is 5.02 Å². The van der Waals surface area contributed by atoms with E-state index in [0.717, 1.165) is 29.4 Å². The van der Waals surface area contributed by atoms with E-state index in [0.29, 0.717) is 5.92 Å². The average Bonchev–Trinajstić information content (AvgIpc) is 2.56. The van der Waals surface area contributed by atoms with E-state index < -0.39 is 0 Å². The van der Waals surface area contributed by atoms with E-state index >= 15 is 0 Å². The number of hydrogen-bond donors (Lipinski definition) is 1. The quantitative estimate of drug-likeness (QED) is 0.838. The summed E-state index contributed by atoms with van der Waals surface area (Å²) in [7, 11) is 3.71. The standard InChI is InChI=1S/C14H26ClN3O/c1-7-16-11(14(19-6)9(2)3)8-12-13(15)10(4)17-18(12)5/h9,11,14,16H,7-8H2,1-6H3. The monoisotopic (exact) mass is 287 g/mol. The van der Waals surface area contributed by atoms with Gasteiger partial charge in [0, 0.05) is 26.6 Å². The molecular weight excluding hydrogens is 262 g/mol. The maximum Gasteiger partial charge on any atom is 0.0847 e. The van der Waals surface area contributed by atoms with Crippen LogP contribution in [0.1, 0.15) is 32.2 Å². The number of nitrogens with one attached hydrogen (secondary N) is 1. The Morgan fingerprint density at radius 3 is 2.42 bits per heavy atom. The van der Waals surface area contributed by atoms with Crippen molar-refractivity contribution in [2.24, 2.45) is 13.0 Å². The molecule has 1 rings (SSSR count). The smallest absolute Gasteiger partial charge is 0.0847 e. The number of aromatic nitrogens is 2. The van der Waals surface area contributed by atoms with Gasteiger partial charge in [0.05, 0.1) is 22.5 Å². The molecule has 0 saturated carbocycles. The second-order valence-electron chi connectivity index (χ2n) is 5.28. The van der Waals surface area contributed by atoms with E-state index in [1.54, 1.807) is 7.11 Å². The molecule has 0 aliphatic heterocycles. The number of hydrogen-bond acceptors (Lipinski definition) is 3. The highest BCUT2D eigenvalue weighted by molar-refractivity contribution is 6.31. The van der Waals surface area contributed by atoms with Gasteiger partial charge < -0.3 is 10.1 Å². The number of nitrogens with zero attached hydrogens (tertiary/aromatic N) is 2. The summed E-state index contributed by atoms with van der Waals surface area (Å²) >= 11 is 6.33. The van der Waals surface area contributed by atoms with Crippen molar-refractivity contribution in [3.8, 4) is 0 Å². The zero-order valence-electron chi connectivity index (χ0n) is 12.8. The van der Waals surface area contributed by atoms with E-state index in [1.165, 1.54) is 0 Å². The lowest BCUT2D eigenvalue weighted by Gasteiger charge is -2.29. The van der Waals surface area contributed by atoms with Crippen molar-refractivity contribution in [3.05, 3.63) is 16.4 Å². The molecule has 0 spiro atoms. The zero-order valence-corrected chi connectivity index (χ0v) is 13.6. The first-order valence-corrected chi connectivity index (χ1v) is 7.24. The van der Waals surface area contributed by atoms with Gasteiger partial charge in [0.15, 0.2) is 0 Å². The number of aryl methyl sites for hydroxylation is 2. The fraction of sp³-hybridized carbons (Fsp3) is 0.786. The predicted octanol–water partition coefficient (Wildman–Crippen LogP) is 2.57. The second kappa shape index (κ2) is 7.27. The maximum absolute atomic E-state index is 6.33. The highest BCUT2D eigenvalue weighted by atomic mass is 35.5. The first-order chi connectivity index (χ1) is 8.92. The summed E-state index contributed by atoms with van der Waals surface area (Å²) < 4.78 is 7.52. The van der Waals surface area contributed by atoms with Crippen LogP contribution in [-0.2, 0) is 18.2 Å². The third kappa shape index (κ3) is 3.94. The van der Waals surface area contributed by atoms with Crippen LogP contribution >= 0.6 is 11.6 Å². The summed E-state index contributed by atoms with van der Waals surface area (Å²) in [5.74, 6) is 0.446. The molecule has 0 saturated heterocycles. The molecule has 2 atom stereocenters. The van der Waals surface area contributed by atoms with E-state index in [4.69, 9.17) is 16.3 Å². The lowest BCUT2D eigenvalue weighted by atomic mass is 9.95. The van der Waals surface area contributed by atoms with E-state index in [-0.39, 0.29) is 12.1 Å². The number of halogens is 1. The Hall–Kier alpha value is -0.580. The van der Waals surface area contributed by atoms with Gasteiger partial charge in [0.2, 0.25) is 0 Å². The molecule has 1 heterocycles. The normalized spacial score (nSPS) is 14.9. The van der Waals surface area contributed by atoms with E-state index in [9.17, 15) is 0 Å². The molecule has 1 N–H and O–H groups in total. The van der Waals surface area contributed by atoms with Crippen LogP contribution in [0.5, 0.6) is 0 Å². The third-order valence-corrected chi connectivity index (χ3v) is 3.96. The van der Waals surface area contributed by atoms with Crippen LogP contribution in [-0.4, -0.2) is 35.6 Å². The van der Waals surface area contributed by atoms with Crippen molar-refractivity contribution in [2.75, 3.05) is 13.7 Å². The van der Waals surface area contributed by atoms with Crippen molar-refractivity contribution >= 4 is 11.6 Å². The minimum atomic E-state index is 0.159. The molecule has 0 aliphatic rings. The molecule has 1 aromatic rings. The average molecular weight is 288 g/mol. The zero-order chi connectivity index (χ0) is 14.6. The van der Waals surface area contributed by atoms with Gasteiger partial charge in [-0.3, -0.25) is 4.68 Å². The Morgan fingerprint density at radius 2 is 2.05 bits per heavy atom. The van der Waals surface area contributed by atoms with Gasteiger partial charge in [-0.1, -0.05) is 32.4 Å². The van der Waals surface area contributed by atoms with Crippen molar-refractivity contribution in [1.29, 1.82) is 0 Å². The van der Waals surface area contributed by atoms with Crippen molar-refractivity contribution < 1.29 is 4.74 Å². The van der Waals surface area contributed by atoms with Gasteiger partial charge in [-0.25, -0.2) is 0 Å². The predicted molar refractivity (Wildman–Crippen MR) is 79.8 cm³/mol. The maximum atomic E-state index is 6.33. The van der Waals surface area contributed by atoms with Crippen LogP contribution in [0.3, 0.4) is 0 Å². The van der Waals surface area contributed by atoms with Crippen molar-refractivity contribution in [1.82, 2.24) is 15.1 Å². The molecule has 110 valence electrons. The molecule has 4 nitrogen and oxygen atoms in total. The number of methoxy groups -OCH3 is 1. The molecule has 0 amide bonds. The van der Waals surface area contributed by atoms with Crippen LogP contribution in [0, 0.1) is 12.8 Å². The van der Waals surface area contributed by atoms with E-state index in [1.807, 2.05) is 18.7 Å². The molecule has 2 unspecified atom stereocenters. The highest BCUT2D eigenvalue weighted by Gasteiger charge is 2.26. The van der Waals surface area contributed by atoms with Crippen molar-refractivity contribution in [3.63, 3.8) is 0 Å². The molecule has 0 aromatic carbocycles. The van der Waals surface area contributed by atoms with Gasteiger partial charge in [-0.15, -0.1) is 0 Å². The summed E-state index contributed by atoms with van der Waals surface area (Å²) in [6.45, 7) is 9.30. The van der Waals surface area contributed by atoms with Crippen LogP contribution in [0.15, 0.2) is 0 Å². The number of rotatable bonds is 7. The second-order valence-corrected chi connectivity index (χ2v) is 5.66. The van der Waals surface area contributed by atoms with Gasteiger partial charge in [0.25, 0.3) is 0 Å². The van der Waals surface area contributed by atoms with Crippen molar-refractivity contribution in [2.45, 2.75) is 46.3 Å². The SMILES string of the molecule is CCNC(Cc1c(Cl)c(C)nn1C)C(OC)C(C)C. The van der Waals surface area contributed by atoms with Gasteiger partial charge in [0.1, 0.15) is 0 Å². The Balaban J connectivity index is 2.94. The van der Waals surface area contributed by atoms with Gasteiger partial charge >= 0.3 is 0 Å². The van der Waals surface area contributed by atoms with Crippen LogP contribution in [0.4, 0.5) is 0 Å². The summed E-state index contributed by atoms with van der Waals surface area (Å²) in [5.41, 5.74) is 1.95. The van der Waals surface area contributed by atoms with Gasteiger partial charge in [-0.05, 0) is 19.4 Å². The Kier molecular flexibility index (Phi) is 6.30. The number of ether oxygens (including phenoxy) is 1. The highest BCUT2D eigenvalue weighted by Crippen LogP contribution is 2.23. The molecule has 0 fully saturated rings. The molecule has 0 radical (unpaired) electrons. The molecular formula is C14H26ClN3O. The largest absolute Gasteiger partial charge is 0.380 e. The fourth-order valence-corrected chi connectivity index (χ4v) is 2.82.